The first kappa shape index (κ1) is 12.4. The maximum Gasteiger partial charge on any atom is -0.0227 e. The number of hydrogen-bond acceptors (Lipinski definition) is 0. The Hall–Kier alpha value is -2.08. The third kappa shape index (κ3) is 3.46. The monoisotopic (exact) mass is 234 g/mol. The van der Waals surface area contributed by atoms with E-state index in [2.05, 4.69) is 86.7 Å². The van der Waals surface area contributed by atoms with Crippen LogP contribution in [0.1, 0.15) is 22.3 Å². The van der Waals surface area contributed by atoms with E-state index >= 15 is 0 Å². The largest absolute Gasteiger partial charge is 0.0620 e. The van der Waals surface area contributed by atoms with Gasteiger partial charge in [0.05, 0.1) is 0 Å². The van der Waals surface area contributed by atoms with Gasteiger partial charge in [0.15, 0.2) is 0 Å². The molecular weight excluding hydrogens is 216 g/mol. The maximum absolute atomic E-state index is 2.14. The van der Waals surface area contributed by atoms with Gasteiger partial charge in [0.1, 0.15) is 0 Å². The lowest BCUT2D eigenvalue weighted by molar-refractivity contribution is 1.44. The van der Waals surface area contributed by atoms with Crippen molar-refractivity contribution in [1.82, 2.24) is 0 Å². The minimum atomic E-state index is 1.23. The van der Waals surface area contributed by atoms with E-state index in [9.17, 15) is 0 Å². The van der Waals surface area contributed by atoms with Gasteiger partial charge in [-0.2, -0.15) is 0 Å². The first-order valence-electron chi connectivity index (χ1n) is 6.23. The summed E-state index contributed by atoms with van der Waals surface area (Å²) in [6.07, 6.45) is 8.42. The van der Waals surface area contributed by atoms with Crippen molar-refractivity contribution >= 4 is 12.2 Å². The topological polar surface area (TPSA) is 0 Å². The van der Waals surface area contributed by atoms with Gasteiger partial charge in [-0.1, -0.05) is 78.4 Å². The second kappa shape index (κ2) is 6.02. The Balaban J connectivity index is 2.03. The summed E-state index contributed by atoms with van der Waals surface area (Å²) in [5.74, 6) is 0. The molecule has 0 spiro atoms. The molecule has 18 heavy (non-hydrogen) atoms. The molecular formula is C18H18. The van der Waals surface area contributed by atoms with Crippen molar-refractivity contribution in [2.45, 2.75) is 13.8 Å². The van der Waals surface area contributed by atoms with Gasteiger partial charge in [-0.3, -0.25) is 0 Å². The SMILES string of the molecule is Cc1ccc(C=CC=Cc2ccccc2C)cc1. The molecule has 0 aliphatic heterocycles. The Morgan fingerprint density at radius 1 is 0.722 bits per heavy atom. The Kier molecular flexibility index (Phi) is 4.14. The summed E-state index contributed by atoms with van der Waals surface area (Å²) in [5.41, 5.74) is 5.10. The number of benzene rings is 2. The van der Waals surface area contributed by atoms with E-state index in [1.165, 1.54) is 22.3 Å². The smallest absolute Gasteiger partial charge is 0.0227 e. The van der Waals surface area contributed by atoms with Crippen molar-refractivity contribution < 1.29 is 0 Å². The summed E-state index contributed by atoms with van der Waals surface area (Å²) < 4.78 is 0. The van der Waals surface area contributed by atoms with Gasteiger partial charge in [-0.15, -0.1) is 0 Å². The minimum absolute atomic E-state index is 1.23. The highest BCUT2D eigenvalue weighted by Gasteiger charge is 1.89. The third-order valence-electron chi connectivity index (χ3n) is 2.94. The molecule has 0 unspecified atom stereocenters. The molecule has 2 aromatic carbocycles. The van der Waals surface area contributed by atoms with Crippen LogP contribution in [0.4, 0.5) is 0 Å². The van der Waals surface area contributed by atoms with Crippen molar-refractivity contribution in [3.63, 3.8) is 0 Å². The molecule has 0 saturated heterocycles. The molecule has 0 heteroatoms. The highest BCUT2D eigenvalue weighted by atomic mass is 13.9. The van der Waals surface area contributed by atoms with Crippen molar-refractivity contribution in [2.24, 2.45) is 0 Å². The average molecular weight is 234 g/mol. The van der Waals surface area contributed by atoms with E-state index in [1.807, 2.05) is 0 Å². The van der Waals surface area contributed by atoms with Crippen LogP contribution in [-0.2, 0) is 0 Å². The Bertz CT molecular complexity index is 557. The first-order valence-corrected chi connectivity index (χ1v) is 6.23. The van der Waals surface area contributed by atoms with Gasteiger partial charge in [0.25, 0.3) is 0 Å². The molecule has 2 rings (SSSR count). The molecule has 0 aromatic heterocycles. The maximum atomic E-state index is 2.14. The van der Waals surface area contributed by atoms with Crippen molar-refractivity contribution in [3.8, 4) is 0 Å². The summed E-state index contributed by atoms with van der Waals surface area (Å²) in [6, 6.07) is 16.9. The van der Waals surface area contributed by atoms with Gasteiger partial charge >= 0.3 is 0 Å². The number of hydrogen-bond donors (Lipinski definition) is 0. The molecule has 0 bridgehead atoms. The van der Waals surface area contributed by atoms with Crippen LogP contribution in [0.5, 0.6) is 0 Å². The fourth-order valence-corrected chi connectivity index (χ4v) is 1.78. The van der Waals surface area contributed by atoms with E-state index in [-0.39, 0.29) is 0 Å². The number of rotatable bonds is 3. The van der Waals surface area contributed by atoms with Crippen LogP contribution in [0.15, 0.2) is 60.7 Å². The van der Waals surface area contributed by atoms with Gasteiger partial charge in [-0.25, -0.2) is 0 Å². The molecule has 0 amide bonds. The summed E-state index contributed by atoms with van der Waals surface area (Å²) in [6.45, 7) is 4.23. The first-order chi connectivity index (χ1) is 8.75. The lowest BCUT2D eigenvalue weighted by Gasteiger charge is -1.97. The summed E-state index contributed by atoms with van der Waals surface area (Å²) in [4.78, 5) is 0. The van der Waals surface area contributed by atoms with E-state index in [1.54, 1.807) is 0 Å². The highest BCUT2D eigenvalue weighted by Crippen LogP contribution is 2.09. The normalized spacial score (nSPS) is 11.4. The van der Waals surface area contributed by atoms with Crippen LogP contribution < -0.4 is 0 Å². The second-order valence-corrected chi connectivity index (χ2v) is 4.49. The quantitative estimate of drug-likeness (QED) is 0.653. The average Bonchev–Trinajstić information content (AvgIpc) is 2.39. The highest BCUT2D eigenvalue weighted by molar-refractivity contribution is 5.59. The Morgan fingerprint density at radius 3 is 2.11 bits per heavy atom. The summed E-state index contributed by atoms with van der Waals surface area (Å²) >= 11 is 0. The third-order valence-corrected chi connectivity index (χ3v) is 2.94. The van der Waals surface area contributed by atoms with Crippen LogP contribution in [0.25, 0.3) is 12.2 Å². The summed E-state index contributed by atoms with van der Waals surface area (Å²) in [5, 5.41) is 0. The summed E-state index contributed by atoms with van der Waals surface area (Å²) in [7, 11) is 0. The molecule has 0 aliphatic rings. The van der Waals surface area contributed by atoms with E-state index in [4.69, 9.17) is 0 Å². The van der Waals surface area contributed by atoms with Crippen molar-refractivity contribution in [1.29, 1.82) is 0 Å². The molecule has 0 N–H and O–H groups in total. The van der Waals surface area contributed by atoms with Gasteiger partial charge < -0.3 is 0 Å². The van der Waals surface area contributed by atoms with Gasteiger partial charge in [0, 0.05) is 0 Å². The lowest BCUT2D eigenvalue weighted by Crippen LogP contribution is -1.77. The van der Waals surface area contributed by atoms with Crippen molar-refractivity contribution in [2.75, 3.05) is 0 Å². The Labute approximate surface area is 109 Å². The van der Waals surface area contributed by atoms with Crippen LogP contribution in [0.2, 0.25) is 0 Å². The molecule has 0 aliphatic carbocycles. The lowest BCUT2D eigenvalue weighted by atomic mass is 10.1. The fourth-order valence-electron chi connectivity index (χ4n) is 1.78. The second-order valence-electron chi connectivity index (χ2n) is 4.49. The van der Waals surface area contributed by atoms with E-state index in [0.717, 1.165) is 0 Å². The number of allylic oxidation sites excluding steroid dienone is 2. The number of aryl methyl sites for hydroxylation is 2. The fraction of sp³-hybridized carbons (Fsp3) is 0.111. The van der Waals surface area contributed by atoms with Crippen LogP contribution in [-0.4, -0.2) is 0 Å². The molecule has 2 aromatic rings. The molecule has 0 fully saturated rings. The minimum Gasteiger partial charge on any atom is -0.0620 e. The zero-order chi connectivity index (χ0) is 12.8. The predicted octanol–water partition coefficient (Wildman–Crippen LogP) is 5.03. The van der Waals surface area contributed by atoms with Gasteiger partial charge in [-0.05, 0) is 30.5 Å². The molecule has 0 nitrogen and oxygen atoms in total. The zero-order valence-electron chi connectivity index (χ0n) is 10.9. The molecule has 0 atom stereocenters. The van der Waals surface area contributed by atoms with Crippen molar-refractivity contribution in [3.05, 3.63) is 82.9 Å². The predicted molar refractivity (Wildman–Crippen MR) is 80.4 cm³/mol. The van der Waals surface area contributed by atoms with E-state index < -0.39 is 0 Å². The molecule has 0 saturated carbocycles. The molecule has 90 valence electrons. The molecule has 0 heterocycles. The van der Waals surface area contributed by atoms with Crippen LogP contribution >= 0.6 is 0 Å². The van der Waals surface area contributed by atoms with Crippen LogP contribution in [0, 0.1) is 13.8 Å². The van der Waals surface area contributed by atoms with E-state index in [0.29, 0.717) is 0 Å². The standard InChI is InChI=1S/C18H18/c1-15-11-13-17(14-12-15)8-4-6-10-18-9-5-3-7-16(18)2/h3-14H,1-2H3. The van der Waals surface area contributed by atoms with Gasteiger partial charge in [0.2, 0.25) is 0 Å². The zero-order valence-corrected chi connectivity index (χ0v) is 10.9. The Morgan fingerprint density at radius 2 is 1.39 bits per heavy atom. The van der Waals surface area contributed by atoms with Crippen LogP contribution in [0.3, 0.4) is 0 Å². The molecule has 0 radical (unpaired) electrons.